The molecule has 0 atom stereocenters. The Balaban J connectivity index is 1.37. The Morgan fingerprint density at radius 1 is 1.03 bits per heavy atom. The molecule has 6 heteroatoms. The molecule has 0 aliphatic carbocycles. The van der Waals surface area contributed by atoms with Gasteiger partial charge in [-0.1, -0.05) is 50.2 Å². The Morgan fingerprint density at radius 2 is 1.77 bits per heavy atom. The van der Waals surface area contributed by atoms with Gasteiger partial charge in [-0.2, -0.15) is 0 Å². The molecule has 1 amide bonds. The molecule has 0 spiro atoms. The van der Waals surface area contributed by atoms with Crippen molar-refractivity contribution in [3.05, 3.63) is 95.4 Å². The average molecular weight is 430 g/mol. The first-order valence-corrected chi connectivity index (χ1v) is 10.5. The van der Waals surface area contributed by atoms with E-state index in [1.165, 1.54) is 5.56 Å². The topological polar surface area (TPSA) is 67.2 Å². The minimum absolute atomic E-state index is 0.244. The van der Waals surface area contributed by atoms with Crippen LogP contribution in [0.4, 0.5) is 5.69 Å². The van der Waals surface area contributed by atoms with Crippen LogP contribution >= 0.6 is 12.2 Å². The summed E-state index contributed by atoms with van der Waals surface area (Å²) in [6.45, 7) is 4.33. The van der Waals surface area contributed by atoms with Crippen molar-refractivity contribution in [2.24, 2.45) is 0 Å². The molecule has 0 radical (unpaired) electrons. The molecule has 0 saturated heterocycles. The van der Waals surface area contributed by atoms with Crippen molar-refractivity contribution in [3.8, 4) is 0 Å². The quantitative estimate of drug-likeness (QED) is 0.400. The van der Waals surface area contributed by atoms with Gasteiger partial charge < -0.3 is 9.73 Å². The molecule has 0 unspecified atom stereocenters. The Bertz CT molecular complexity index is 1210. The summed E-state index contributed by atoms with van der Waals surface area (Å²) in [5.41, 5.74) is 5.36. The van der Waals surface area contributed by atoms with E-state index in [-0.39, 0.29) is 11.0 Å². The molecule has 156 valence electrons. The van der Waals surface area contributed by atoms with E-state index in [2.05, 4.69) is 41.6 Å². The number of carbonyl (C=O) groups excluding carboxylic acids is 1. The monoisotopic (exact) mass is 429 g/mol. The van der Waals surface area contributed by atoms with Crippen molar-refractivity contribution < 1.29 is 9.21 Å². The van der Waals surface area contributed by atoms with Gasteiger partial charge in [-0.25, -0.2) is 4.98 Å². The molecular weight excluding hydrogens is 406 g/mol. The smallest absolute Gasteiger partial charge is 0.257 e. The number of amides is 1. The molecule has 1 heterocycles. The molecule has 0 bridgehead atoms. The van der Waals surface area contributed by atoms with Crippen LogP contribution in [-0.4, -0.2) is 16.0 Å². The molecule has 1 aromatic heterocycles. The van der Waals surface area contributed by atoms with E-state index in [1.54, 1.807) is 12.1 Å². The van der Waals surface area contributed by atoms with Crippen LogP contribution in [0.2, 0.25) is 0 Å². The number of anilines is 1. The molecule has 4 rings (SSSR count). The number of benzene rings is 3. The number of thiocarbonyl (C=S) groups is 1. The highest BCUT2D eigenvalue weighted by molar-refractivity contribution is 7.80. The molecule has 3 aromatic carbocycles. The minimum atomic E-state index is -0.244. The SMILES string of the molecule is CC(C)c1ccc2oc(Cc3ccc(NC(=S)NC(=O)c4ccccc4)cc3)nc2c1. The van der Waals surface area contributed by atoms with E-state index in [0.717, 1.165) is 22.4 Å². The second-order valence-corrected chi connectivity index (χ2v) is 8.05. The number of carbonyl (C=O) groups is 1. The van der Waals surface area contributed by atoms with Crippen molar-refractivity contribution in [2.45, 2.75) is 26.2 Å². The highest BCUT2D eigenvalue weighted by Gasteiger charge is 2.10. The number of oxazole rings is 1. The van der Waals surface area contributed by atoms with Gasteiger partial charge in [0.05, 0.1) is 0 Å². The Hall–Kier alpha value is -3.51. The average Bonchev–Trinajstić information content (AvgIpc) is 3.17. The third kappa shape index (κ3) is 5.16. The lowest BCUT2D eigenvalue weighted by Crippen LogP contribution is -2.34. The number of aromatic nitrogens is 1. The fraction of sp³-hybridized carbons (Fsp3) is 0.160. The normalized spacial score (nSPS) is 10.9. The summed E-state index contributed by atoms with van der Waals surface area (Å²) < 4.78 is 5.89. The molecule has 31 heavy (non-hydrogen) atoms. The van der Waals surface area contributed by atoms with Crippen LogP contribution in [-0.2, 0) is 6.42 Å². The van der Waals surface area contributed by atoms with Crippen molar-refractivity contribution in [1.29, 1.82) is 0 Å². The summed E-state index contributed by atoms with van der Waals surface area (Å²) >= 11 is 5.25. The molecule has 0 saturated carbocycles. The fourth-order valence-electron chi connectivity index (χ4n) is 3.23. The highest BCUT2D eigenvalue weighted by Crippen LogP contribution is 2.23. The first-order valence-electron chi connectivity index (χ1n) is 10.1. The highest BCUT2D eigenvalue weighted by atomic mass is 32.1. The minimum Gasteiger partial charge on any atom is -0.440 e. The van der Waals surface area contributed by atoms with Crippen molar-refractivity contribution in [3.63, 3.8) is 0 Å². The number of fused-ring (bicyclic) bond motifs is 1. The Kier molecular flexibility index (Phi) is 6.09. The van der Waals surface area contributed by atoms with Crippen LogP contribution in [0.1, 0.15) is 47.1 Å². The molecule has 5 nitrogen and oxygen atoms in total. The van der Waals surface area contributed by atoms with Gasteiger partial charge in [0.15, 0.2) is 16.6 Å². The molecule has 0 aliphatic heterocycles. The largest absolute Gasteiger partial charge is 0.440 e. The summed E-state index contributed by atoms with van der Waals surface area (Å²) in [4.78, 5) is 16.8. The first-order chi connectivity index (χ1) is 15.0. The van der Waals surface area contributed by atoms with Crippen LogP contribution in [0.5, 0.6) is 0 Å². The third-order valence-corrected chi connectivity index (χ3v) is 5.16. The standard InChI is InChI=1S/C25H23N3O2S/c1-16(2)19-10-13-22-21(15-19)27-23(30-22)14-17-8-11-20(12-9-17)26-25(31)28-24(29)18-6-4-3-5-7-18/h3-13,15-16H,14H2,1-2H3,(H2,26,28,29,31). The van der Waals surface area contributed by atoms with Gasteiger partial charge in [0.25, 0.3) is 5.91 Å². The van der Waals surface area contributed by atoms with E-state index in [0.29, 0.717) is 23.8 Å². The van der Waals surface area contributed by atoms with Crippen LogP contribution in [0.3, 0.4) is 0 Å². The lowest BCUT2D eigenvalue weighted by molar-refractivity contribution is 0.0977. The number of hydrogen-bond acceptors (Lipinski definition) is 4. The van der Waals surface area contributed by atoms with Crippen LogP contribution in [0.25, 0.3) is 11.1 Å². The second-order valence-electron chi connectivity index (χ2n) is 7.64. The maximum atomic E-state index is 12.2. The van der Waals surface area contributed by atoms with E-state index in [4.69, 9.17) is 16.6 Å². The maximum absolute atomic E-state index is 12.2. The molecule has 0 fully saturated rings. The van der Waals surface area contributed by atoms with Gasteiger partial charge in [-0.3, -0.25) is 10.1 Å². The fourth-order valence-corrected chi connectivity index (χ4v) is 3.45. The summed E-state index contributed by atoms with van der Waals surface area (Å²) in [5.74, 6) is 0.890. The molecule has 2 N–H and O–H groups in total. The van der Waals surface area contributed by atoms with Crippen LogP contribution in [0.15, 0.2) is 77.2 Å². The van der Waals surface area contributed by atoms with E-state index < -0.39 is 0 Å². The van der Waals surface area contributed by atoms with Crippen molar-refractivity contribution >= 4 is 40.0 Å². The summed E-state index contributed by atoms with van der Waals surface area (Å²) in [7, 11) is 0. The molecular formula is C25H23N3O2S. The van der Waals surface area contributed by atoms with Crippen LogP contribution < -0.4 is 10.6 Å². The zero-order valence-corrected chi connectivity index (χ0v) is 18.2. The third-order valence-electron chi connectivity index (χ3n) is 4.95. The summed E-state index contributed by atoms with van der Waals surface area (Å²) in [6, 6.07) is 22.9. The van der Waals surface area contributed by atoms with Gasteiger partial charge in [0, 0.05) is 17.7 Å². The van der Waals surface area contributed by atoms with E-state index >= 15 is 0 Å². The molecule has 4 aromatic rings. The zero-order chi connectivity index (χ0) is 21.8. The van der Waals surface area contributed by atoms with E-state index in [9.17, 15) is 4.79 Å². The maximum Gasteiger partial charge on any atom is 0.257 e. The summed E-state index contributed by atoms with van der Waals surface area (Å²) in [5, 5.41) is 5.97. The number of nitrogens with one attached hydrogen (secondary N) is 2. The Labute approximate surface area is 186 Å². The lowest BCUT2D eigenvalue weighted by atomic mass is 10.0. The Morgan fingerprint density at radius 3 is 2.48 bits per heavy atom. The lowest BCUT2D eigenvalue weighted by Gasteiger charge is -2.10. The molecule has 0 aliphatic rings. The van der Waals surface area contributed by atoms with Gasteiger partial charge in [0.1, 0.15) is 5.52 Å². The predicted octanol–water partition coefficient (Wildman–Crippen LogP) is 5.67. The zero-order valence-electron chi connectivity index (χ0n) is 17.4. The van der Waals surface area contributed by atoms with Crippen molar-refractivity contribution in [1.82, 2.24) is 10.3 Å². The van der Waals surface area contributed by atoms with Crippen molar-refractivity contribution in [2.75, 3.05) is 5.32 Å². The second kappa shape index (κ2) is 9.10. The predicted molar refractivity (Wildman–Crippen MR) is 127 cm³/mol. The number of rotatable bonds is 5. The first kappa shape index (κ1) is 20.8. The number of nitrogens with zero attached hydrogens (tertiary/aromatic N) is 1. The van der Waals surface area contributed by atoms with Gasteiger partial charge in [-0.05, 0) is 65.7 Å². The van der Waals surface area contributed by atoms with Gasteiger partial charge >= 0.3 is 0 Å². The summed E-state index contributed by atoms with van der Waals surface area (Å²) in [6.07, 6.45) is 0.598. The van der Waals surface area contributed by atoms with Gasteiger partial charge in [-0.15, -0.1) is 0 Å². The number of hydrogen-bond donors (Lipinski definition) is 2. The van der Waals surface area contributed by atoms with Crippen LogP contribution in [0, 0.1) is 0 Å². The van der Waals surface area contributed by atoms with E-state index in [1.807, 2.05) is 48.5 Å². The van der Waals surface area contributed by atoms with Gasteiger partial charge in [0.2, 0.25) is 0 Å².